The van der Waals surface area contributed by atoms with Gasteiger partial charge in [0.1, 0.15) is 0 Å². The number of anilines is 1. The van der Waals surface area contributed by atoms with Crippen molar-refractivity contribution in [2.75, 3.05) is 11.9 Å². The van der Waals surface area contributed by atoms with E-state index in [0.717, 1.165) is 23.2 Å². The summed E-state index contributed by atoms with van der Waals surface area (Å²) in [5.74, 6) is 0. The van der Waals surface area contributed by atoms with Gasteiger partial charge in [-0.1, -0.05) is 55.5 Å². The summed E-state index contributed by atoms with van der Waals surface area (Å²) in [6, 6.07) is 16.2. The maximum absolute atomic E-state index is 12.6. The average Bonchev–Trinajstić information content (AvgIpc) is 2.55. The quantitative estimate of drug-likeness (QED) is 0.858. The van der Waals surface area contributed by atoms with E-state index in [1.807, 2.05) is 61.2 Å². The number of benzene rings is 2. The molecule has 2 aromatic rings. The Kier molecular flexibility index (Phi) is 5.59. The third kappa shape index (κ3) is 3.88. The van der Waals surface area contributed by atoms with Crippen LogP contribution in [0.5, 0.6) is 0 Å². The Balaban J connectivity index is 2.13. The third-order valence-electron chi connectivity index (χ3n) is 3.86. The Morgan fingerprint density at radius 3 is 2.41 bits per heavy atom. The summed E-state index contributed by atoms with van der Waals surface area (Å²) in [6.45, 7) is 7.43. The molecule has 0 saturated heterocycles. The summed E-state index contributed by atoms with van der Waals surface area (Å²) >= 11 is 0. The van der Waals surface area contributed by atoms with Gasteiger partial charge < -0.3 is 10.2 Å². The lowest BCUT2D eigenvalue weighted by atomic mass is 10.1. The van der Waals surface area contributed by atoms with Gasteiger partial charge in [-0.05, 0) is 37.0 Å². The molecule has 0 bridgehead atoms. The van der Waals surface area contributed by atoms with E-state index in [9.17, 15) is 4.79 Å². The number of aryl methyl sites for hydroxylation is 2. The van der Waals surface area contributed by atoms with E-state index in [0.29, 0.717) is 13.1 Å². The zero-order chi connectivity index (χ0) is 15.9. The highest BCUT2D eigenvalue weighted by Crippen LogP contribution is 2.21. The summed E-state index contributed by atoms with van der Waals surface area (Å²) in [7, 11) is 0. The van der Waals surface area contributed by atoms with Gasteiger partial charge in [-0.15, -0.1) is 0 Å². The van der Waals surface area contributed by atoms with Gasteiger partial charge >= 0.3 is 6.03 Å². The van der Waals surface area contributed by atoms with Gasteiger partial charge in [0, 0.05) is 18.8 Å². The predicted octanol–water partition coefficient (Wildman–Crippen LogP) is 4.61. The molecule has 0 heterocycles. The monoisotopic (exact) mass is 296 g/mol. The Morgan fingerprint density at radius 2 is 1.77 bits per heavy atom. The van der Waals surface area contributed by atoms with Gasteiger partial charge in [-0.2, -0.15) is 0 Å². The number of urea groups is 1. The summed E-state index contributed by atoms with van der Waals surface area (Å²) in [5.41, 5.74) is 4.36. The second kappa shape index (κ2) is 7.64. The van der Waals surface area contributed by atoms with Crippen LogP contribution in [-0.4, -0.2) is 17.5 Å². The van der Waals surface area contributed by atoms with Crippen molar-refractivity contribution in [3.8, 4) is 0 Å². The first kappa shape index (κ1) is 16.1. The van der Waals surface area contributed by atoms with Gasteiger partial charge in [-0.3, -0.25) is 0 Å². The molecule has 22 heavy (non-hydrogen) atoms. The maximum atomic E-state index is 12.6. The van der Waals surface area contributed by atoms with Crippen LogP contribution in [0.2, 0.25) is 0 Å². The van der Waals surface area contributed by atoms with Crippen molar-refractivity contribution in [1.82, 2.24) is 4.90 Å². The van der Waals surface area contributed by atoms with E-state index in [1.54, 1.807) is 0 Å². The van der Waals surface area contributed by atoms with Crippen molar-refractivity contribution in [2.24, 2.45) is 0 Å². The van der Waals surface area contributed by atoms with Crippen LogP contribution in [0.25, 0.3) is 0 Å². The fraction of sp³-hybridized carbons (Fsp3) is 0.316. The Morgan fingerprint density at radius 1 is 1.05 bits per heavy atom. The summed E-state index contributed by atoms with van der Waals surface area (Å²) in [4.78, 5) is 14.4. The van der Waals surface area contributed by atoms with Crippen molar-refractivity contribution in [2.45, 2.75) is 33.7 Å². The maximum Gasteiger partial charge on any atom is 0.322 e. The van der Waals surface area contributed by atoms with E-state index in [4.69, 9.17) is 0 Å². The molecule has 0 aliphatic carbocycles. The smallest absolute Gasteiger partial charge is 0.320 e. The van der Waals surface area contributed by atoms with Gasteiger partial charge in [0.15, 0.2) is 0 Å². The number of nitrogens with zero attached hydrogens (tertiary/aromatic N) is 1. The van der Waals surface area contributed by atoms with Gasteiger partial charge in [-0.25, -0.2) is 4.79 Å². The molecule has 0 saturated carbocycles. The highest BCUT2D eigenvalue weighted by molar-refractivity contribution is 5.91. The Labute approximate surface area is 133 Å². The Bertz CT molecular complexity index is 623. The van der Waals surface area contributed by atoms with Crippen LogP contribution in [0, 0.1) is 6.92 Å². The normalized spacial score (nSPS) is 10.3. The fourth-order valence-corrected chi connectivity index (χ4v) is 2.52. The first-order chi connectivity index (χ1) is 10.7. The molecule has 1 N–H and O–H groups in total. The number of nitrogens with one attached hydrogen (secondary N) is 1. The van der Waals surface area contributed by atoms with Crippen LogP contribution in [0.15, 0.2) is 48.5 Å². The van der Waals surface area contributed by atoms with Gasteiger partial charge in [0.05, 0.1) is 0 Å². The zero-order valence-corrected chi connectivity index (χ0v) is 13.6. The van der Waals surface area contributed by atoms with E-state index in [-0.39, 0.29) is 6.03 Å². The number of carbonyl (C=O) groups is 1. The van der Waals surface area contributed by atoms with Crippen LogP contribution in [0.3, 0.4) is 0 Å². The van der Waals surface area contributed by atoms with E-state index < -0.39 is 0 Å². The van der Waals surface area contributed by atoms with Gasteiger partial charge in [0.2, 0.25) is 0 Å². The van der Waals surface area contributed by atoms with E-state index in [2.05, 4.69) is 18.3 Å². The van der Waals surface area contributed by atoms with Crippen molar-refractivity contribution in [1.29, 1.82) is 0 Å². The lowest BCUT2D eigenvalue weighted by Gasteiger charge is -2.23. The molecule has 3 heteroatoms. The molecule has 2 amide bonds. The molecule has 0 fully saturated rings. The number of hydrogen-bond acceptors (Lipinski definition) is 1. The highest BCUT2D eigenvalue weighted by Gasteiger charge is 2.14. The standard InChI is InChI=1S/C19H24N2O/c1-4-17-13-9-10-15(3)18(17)20-19(22)21(5-2)14-16-11-7-6-8-12-16/h6-13H,4-5,14H2,1-3H3,(H,20,22). The molecular formula is C19H24N2O. The highest BCUT2D eigenvalue weighted by atomic mass is 16.2. The number of amides is 2. The van der Waals surface area contributed by atoms with Crippen LogP contribution in [0.4, 0.5) is 10.5 Å². The van der Waals surface area contributed by atoms with Crippen molar-refractivity contribution < 1.29 is 4.79 Å². The Hall–Kier alpha value is -2.29. The number of carbonyl (C=O) groups excluding carboxylic acids is 1. The molecular weight excluding hydrogens is 272 g/mol. The molecule has 0 unspecified atom stereocenters. The topological polar surface area (TPSA) is 32.3 Å². The van der Waals surface area contributed by atoms with Crippen LogP contribution in [-0.2, 0) is 13.0 Å². The second-order valence-electron chi connectivity index (χ2n) is 5.39. The second-order valence-corrected chi connectivity index (χ2v) is 5.39. The minimum atomic E-state index is -0.0460. The van der Waals surface area contributed by atoms with Crippen molar-refractivity contribution in [3.63, 3.8) is 0 Å². The molecule has 0 aliphatic heterocycles. The van der Waals surface area contributed by atoms with E-state index in [1.165, 1.54) is 5.56 Å². The summed E-state index contributed by atoms with van der Waals surface area (Å²) < 4.78 is 0. The number of para-hydroxylation sites is 1. The van der Waals surface area contributed by atoms with Crippen molar-refractivity contribution in [3.05, 3.63) is 65.2 Å². The SMILES string of the molecule is CCc1cccc(C)c1NC(=O)N(CC)Cc1ccccc1. The van der Waals surface area contributed by atoms with Crippen LogP contribution >= 0.6 is 0 Å². The molecule has 0 aliphatic rings. The molecule has 0 spiro atoms. The minimum Gasteiger partial charge on any atom is -0.320 e. The molecule has 0 radical (unpaired) electrons. The summed E-state index contributed by atoms with van der Waals surface area (Å²) in [6.07, 6.45) is 0.905. The van der Waals surface area contributed by atoms with Crippen LogP contribution < -0.4 is 5.32 Å². The number of rotatable bonds is 5. The van der Waals surface area contributed by atoms with E-state index >= 15 is 0 Å². The zero-order valence-electron chi connectivity index (χ0n) is 13.6. The minimum absolute atomic E-state index is 0.0460. The molecule has 2 aromatic carbocycles. The van der Waals surface area contributed by atoms with Gasteiger partial charge in [0.25, 0.3) is 0 Å². The predicted molar refractivity (Wildman–Crippen MR) is 92.1 cm³/mol. The fourth-order valence-electron chi connectivity index (χ4n) is 2.52. The molecule has 116 valence electrons. The lowest BCUT2D eigenvalue weighted by Crippen LogP contribution is -2.34. The number of hydrogen-bond donors (Lipinski definition) is 1. The van der Waals surface area contributed by atoms with Crippen molar-refractivity contribution >= 4 is 11.7 Å². The molecule has 3 nitrogen and oxygen atoms in total. The molecule has 0 atom stereocenters. The first-order valence-electron chi connectivity index (χ1n) is 7.84. The summed E-state index contributed by atoms with van der Waals surface area (Å²) in [5, 5.41) is 3.09. The third-order valence-corrected chi connectivity index (χ3v) is 3.86. The lowest BCUT2D eigenvalue weighted by molar-refractivity contribution is 0.212. The van der Waals surface area contributed by atoms with Crippen LogP contribution in [0.1, 0.15) is 30.5 Å². The molecule has 2 rings (SSSR count). The molecule has 0 aromatic heterocycles. The average molecular weight is 296 g/mol. The first-order valence-corrected chi connectivity index (χ1v) is 7.84. The largest absolute Gasteiger partial charge is 0.322 e.